The van der Waals surface area contributed by atoms with E-state index in [1.807, 2.05) is 19.1 Å². The van der Waals surface area contributed by atoms with Crippen LogP contribution in [0, 0.1) is 5.82 Å². The molecule has 0 unspecified atom stereocenters. The average molecular weight is 492 g/mol. The van der Waals surface area contributed by atoms with E-state index in [2.05, 4.69) is 5.32 Å². The van der Waals surface area contributed by atoms with E-state index < -0.39 is 21.9 Å². The minimum atomic E-state index is -3.55. The largest absolute Gasteiger partial charge is 0.355 e. The molecule has 0 aliphatic heterocycles. The standard InChI is InChI=1S/C25H34FN3O4S/c1-5-20-13-15-22(16-14-20)29(34(4,32)33)17-9-12-24(30)28(19(3)25(31)27-6-2)18-21-10-7-8-11-23(21)26/h7-8,10-11,13-16,19H,5-6,9,12,17-18H2,1-4H3,(H,27,31)/t19-/m1/s1. The van der Waals surface area contributed by atoms with Gasteiger partial charge < -0.3 is 10.2 Å². The Bertz CT molecular complexity index is 1070. The molecule has 7 nitrogen and oxygen atoms in total. The van der Waals surface area contributed by atoms with Crippen molar-refractivity contribution in [3.8, 4) is 0 Å². The predicted octanol–water partition coefficient (Wildman–Crippen LogP) is 3.49. The van der Waals surface area contributed by atoms with Crippen LogP contribution in [0.25, 0.3) is 0 Å². The molecule has 0 fully saturated rings. The third-order valence-electron chi connectivity index (χ3n) is 5.60. The van der Waals surface area contributed by atoms with Crippen LogP contribution >= 0.6 is 0 Å². The van der Waals surface area contributed by atoms with E-state index in [-0.39, 0.29) is 37.7 Å². The summed E-state index contributed by atoms with van der Waals surface area (Å²) in [6, 6.07) is 12.6. The summed E-state index contributed by atoms with van der Waals surface area (Å²) in [5.41, 5.74) is 1.93. The quantitative estimate of drug-likeness (QED) is 0.492. The molecule has 1 atom stereocenters. The first kappa shape index (κ1) is 27.3. The summed E-state index contributed by atoms with van der Waals surface area (Å²) in [5.74, 6) is -1.14. The molecule has 0 aliphatic carbocycles. The van der Waals surface area contributed by atoms with Crippen molar-refractivity contribution in [3.63, 3.8) is 0 Å². The Morgan fingerprint density at radius 3 is 2.26 bits per heavy atom. The number of likely N-dealkylation sites (N-methyl/N-ethyl adjacent to an activating group) is 1. The third kappa shape index (κ3) is 7.55. The van der Waals surface area contributed by atoms with Crippen LogP contribution in [-0.4, -0.2) is 50.5 Å². The van der Waals surface area contributed by atoms with Gasteiger partial charge >= 0.3 is 0 Å². The average Bonchev–Trinajstić information content (AvgIpc) is 2.80. The summed E-state index contributed by atoms with van der Waals surface area (Å²) >= 11 is 0. The zero-order valence-corrected chi connectivity index (χ0v) is 21.1. The molecule has 0 bridgehead atoms. The number of sulfonamides is 1. The highest BCUT2D eigenvalue weighted by Crippen LogP contribution is 2.20. The Morgan fingerprint density at radius 2 is 1.71 bits per heavy atom. The molecule has 34 heavy (non-hydrogen) atoms. The zero-order valence-electron chi connectivity index (χ0n) is 20.3. The van der Waals surface area contributed by atoms with E-state index in [4.69, 9.17) is 0 Å². The van der Waals surface area contributed by atoms with Crippen molar-refractivity contribution in [3.05, 3.63) is 65.5 Å². The van der Waals surface area contributed by atoms with Crippen LogP contribution in [-0.2, 0) is 32.6 Å². The molecule has 0 radical (unpaired) electrons. The van der Waals surface area contributed by atoms with Crippen LogP contribution < -0.4 is 9.62 Å². The molecule has 0 aromatic heterocycles. The maximum absolute atomic E-state index is 14.2. The molecule has 0 aliphatic rings. The number of rotatable bonds is 12. The molecule has 2 rings (SSSR count). The molecule has 0 saturated carbocycles. The van der Waals surface area contributed by atoms with Gasteiger partial charge in [0.25, 0.3) is 0 Å². The van der Waals surface area contributed by atoms with Gasteiger partial charge in [-0.2, -0.15) is 0 Å². The number of benzene rings is 2. The van der Waals surface area contributed by atoms with Gasteiger partial charge in [0.1, 0.15) is 11.9 Å². The summed E-state index contributed by atoms with van der Waals surface area (Å²) in [7, 11) is -3.55. The SMILES string of the molecule is CCNC(=O)[C@@H](C)N(Cc1ccccc1F)C(=O)CCCN(c1ccc(CC)cc1)S(C)(=O)=O. The third-order valence-corrected chi connectivity index (χ3v) is 6.80. The summed E-state index contributed by atoms with van der Waals surface area (Å²) in [5, 5.41) is 2.69. The molecule has 1 N–H and O–H groups in total. The second-order valence-electron chi connectivity index (χ2n) is 8.14. The van der Waals surface area contributed by atoms with E-state index >= 15 is 0 Å². The lowest BCUT2D eigenvalue weighted by molar-refractivity contribution is -0.140. The van der Waals surface area contributed by atoms with Crippen LogP contribution in [0.15, 0.2) is 48.5 Å². The normalized spacial score (nSPS) is 12.1. The van der Waals surface area contributed by atoms with Gasteiger partial charge in [-0.15, -0.1) is 0 Å². The first-order valence-electron chi connectivity index (χ1n) is 11.5. The zero-order chi connectivity index (χ0) is 25.3. The van der Waals surface area contributed by atoms with Crippen LogP contribution in [0.4, 0.5) is 10.1 Å². The van der Waals surface area contributed by atoms with Crippen molar-refractivity contribution in [1.29, 1.82) is 0 Å². The Kier molecular flexibility index (Phi) is 10.0. The molecule has 9 heteroatoms. The summed E-state index contributed by atoms with van der Waals surface area (Å²) in [6.45, 7) is 5.86. The predicted molar refractivity (Wildman–Crippen MR) is 132 cm³/mol. The van der Waals surface area contributed by atoms with E-state index in [1.54, 1.807) is 44.2 Å². The summed E-state index contributed by atoms with van der Waals surface area (Å²) in [6.07, 6.45) is 2.23. The first-order chi connectivity index (χ1) is 16.1. The molecular weight excluding hydrogens is 457 g/mol. The maximum atomic E-state index is 14.2. The Morgan fingerprint density at radius 1 is 1.06 bits per heavy atom. The summed E-state index contributed by atoms with van der Waals surface area (Å²) < 4.78 is 40.3. The highest BCUT2D eigenvalue weighted by molar-refractivity contribution is 7.92. The second-order valence-corrected chi connectivity index (χ2v) is 10.0. The molecular formula is C25H34FN3O4S. The lowest BCUT2D eigenvalue weighted by Crippen LogP contribution is -2.47. The highest BCUT2D eigenvalue weighted by atomic mass is 32.2. The smallest absolute Gasteiger partial charge is 0.242 e. The minimum absolute atomic E-state index is 0.0112. The molecule has 2 amide bonds. The van der Waals surface area contributed by atoms with Crippen molar-refractivity contribution in [2.24, 2.45) is 0 Å². The van der Waals surface area contributed by atoms with Gasteiger partial charge in [-0.05, 0) is 50.5 Å². The lowest BCUT2D eigenvalue weighted by Gasteiger charge is -2.29. The number of aryl methyl sites for hydroxylation is 1. The van der Waals surface area contributed by atoms with Gasteiger partial charge in [0.2, 0.25) is 21.8 Å². The van der Waals surface area contributed by atoms with Gasteiger partial charge in [0, 0.05) is 31.6 Å². The molecule has 186 valence electrons. The van der Waals surface area contributed by atoms with E-state index in [0.717, 1.165) is 18.2 Å². The van der Waals surface area contributed by atoms with Gasteiger partial charge in [-0.3, -0.25) is 13.9 Å². The van der Waals surface area contributed by atoms with E-state index in [9.17, 15) is 22.4 Å². The maximum Gasteiger partial charge on any atom is 0.242 e. The summed E-state index contributed by atoms with van der Waals surface area (Å²) in [4.78, 5) is 26.9. The molecule has 2 aromatic carbocycles. The van der Waals surface area contributed by atoms with E-state index in [1.165, 1.54) is 15.3 Å². The minimum Gasteiger partial charge on any atom is -0.355 e. The van der Waals surface area contributed by atoms with Gasteiger partial charge in [0.05, 0.1) is 11.9 Å². The van der Waals surface area contributed by atoms with Crippen molar-refractivity contribution < 1.29 is 22.4 Å². The van der Waals surface area contributed by atoms with Crippen LogP contribution in [0.2, 0.25) is 0 Å². The number of halogens is 1. The highest BCUT2D eigenvalue weighted by Gasteiger charge is 2.27. The number of nitrogens with one attached hydrogen (secondary N) is 1. The number of carbonyl (C=O) groups is 2. The Balaban J connectivity index is 2.15. The number of anilines is 1. The van der Waals surface area contributed by atoms with Crippen LogP contribution in [0.5, 0.6) is 0 Å². The molecule has 0 spiro atoms. The van der Waals surface area contributed by atoms with Crippen LogP contribution in [0.1, 0.15) is 44.7 Å². The Labute approximate surface area is 202 Å². The van der Waals surface area contributed by atoms with Crippen molar-refractivity contribution in [1.82, 2.24) is 10.2 Å². The topological polar surface area (TPSA) is 86.8 Å². The number of hydrogen-bond donors (Lipinski definition) is 1. The fraction of sp³-hybridized carbons (Fsp3) is 0.440. The van der Waals surface area contributed by atoms with E-state index in [0.29, 0.717) is 17.8 Å². The van der Waals surface area contributed by atoms with Crippen LogP contribution in [0.3, 0.4) is 0 Å². The van der Waals surface area contributed by atoms with Crippen molar-refractivity contribution in [2.45, 2.75) is 52.6 Å². The number of nitrogens with zero attached hydrogens (tertiary/aromatic N) is 2. The fourth-order valence-electron chi connectivity index (χ4n) is 3.62. The second kappa shape index (κ2) is 12.5. The molecule has 0 heterocycles. The van der Waals surface area contributed by atoms with Gasteiger partial charge in [-0.25, -0.2) is 12.8 Å². The fourth-order valence-corrected chi connectivity index (χ4v) is 4.58. The number of amides is 2. The lowest BCUT2D eigenvalue weighted by atomic mass is 10.1. The number of hydrogen-bond acceptors (Lipinski definition) is 4. The first-order valence-corrected chi connectivity index (χ1v) is 13.3. The van der Waals surface area contributed by atoms with Crippen molar-refractivity contribution in [2.75, 3.05) is 23.7 Å². The molecule has 2 aromatic rings. The molecule has 0 saturated heterocycles. The number of carbonyl (C=O) groups excluding carboxylic acids is 2. The van der Waals surface area contributed by atoms with Gasteiger partial charge in [0.15, 0.2) is 0 Å². The van der Waals surface area contributed by atoms with Crippen molar-refractivity contribution >= 4 is 27.5 Å². The van der Waals surface area contributed by atoms with Gasteiger partial charge in [-0.1, -0.05) is 37.3 Å². The monoisotopic (exact) mass is 491 g/mol. The Hall–Kier alpha value is -2.94.